The van der Waals surface area contributed by atoms with Crippen molar-refractivity contribution in [3.8, 4) is 5.75 Å². The Balaban J connectivity index is 1.43. The van der Waals surface area contributed by atoms with Crippen LogP contribution in [0.1, 0.15) is 17.5 Å². The van der Waals surface area contributed by atoms with Crippen molar-refractivity contribution >= 4 is 17.3 Å². The number of ether oxygens (including phenoxy) is 1. The number of nitrogens with one attached hydrogen (secondary N) is 2. The number of benzene rings is 3. The molecule has 0 unspecified atom stereocenters. The molecule has 0 fully saturated rings. The van der Waals surface area contributed by atoms with Crippen molar-refractivity contribution in [3.05, 3.63) is 90.0 Å². The smallest absolute Gasteiger partial charge is 0.224 e. The summed E-state index contributed by atoms with van der Waals surface area (Å²) in [5.41, 5.74) is 4.19. The van der Waals surface area contributed by atoms with Gasteiger partial charge in [-0.05, 0) is 54.3 Å². The highest BCUT2D eigenvalue weighted by Gasteiger charge is 2.04. The third-order valence-corrected chi connectivity index (χ3v) is 4.57. The van der Waals surface area contributed by atoms with Crippen molar-refractivity contribution in [2.24, 2.45) is 0 Å². The molecule has 3 rings (SSSR count). The Morgan fingerprint density at radius 2 is 1.50 bits per heavy atom. The van der Waals surface area contributed by atoms with Crippen LogP contribution >= 0.6 is 0 Å². The second-order valence-corrected chi connectivity index (χ2v) is 6.60. The lowest BCUT2D eigenvalue weighted by atomic mass is 10.1. The highest BCUT2D eigenvalue weighted by molar-refractivity contribution is 5.91. The molecule has 4 heteroatoms. The number of methoxy groups -OCH3 is 1. The van der Waals surface area contributed by atoms with Crippen LogP contribution in [0.15, 0.2) is 78.9 Å². The second-order valence-electron chi connectivity index (χ2n) is 6.60. The molecule has 0 heterocycles. The van der Waals surface area contributed by atoms with Crippen LogP contribution < -0.4 is 15.4 Å². The van der Waals surface area contributed by atoms with Gasteiger partial charge >= 0.3 is 0 Å². The van der Waals surface area contributed by atoms with Gasteiger partial charge in [0.15, 0.2) is 0 Å². The molecule has 0 bridgehead atoms. The molecule has 2 N–H and O–H groups in total. The van der Waals surface area contributed by atoms with Crippen LogP contribution in [0, 0.1) is 0 Å². The van der Waals surface area contributed by atoms with E-state index in [4.69, 9.17) is 4.74 Å². The van der Waals surface area contributed by atoms with E-state index in [9.17, 15) is 4.79 Å². The summed E-state index contributed by atoms with van der Waals surface area (Å²) in [5, 5.41) is 6.36. The lowest BCUT2D eigenvalue weighted by Gasteiger charge is -2.11. The molecule has 144 valence electrons. The number of anilines is 2. The van der Waals surface area contributed by atoms with Crippen molar-refractivity contribution in [3.63, 3.8) is 0 Å². The van der Waals surface area contributed by atoms with E-state index in [-0.39, 0.29) is 5.91 Å². The van der Waals surface area contributed by atoms with Gasteiger partial charge in [-0.25, -0.2) is 0 Å². The molecule has 0 aliphatic heterocycles. The van der Waals surface area contributed by atoms with E-state index in [0.29, 0.717) is 6.42 Å². The maximum absolute atomic E-state index is 12.1. The fourth-order valence-corrected chi connectivity index (χ4v) is 3.05. The number of carbonyl (C=O) groups is 1. The predicted octanol–water partition coefficient (Wildman–Crippen LogP) is 4.92. The van der Waals surface area contributed by atoms with Gasteiger partial charge in [0.1, 0.15) is 5.75 Å². The van der Waals surface area contributed by atoms with Gasteiger partial charge in [0.2, 0.25) is 5.91 Å². The van der Waals surface area contributed by atoms with Crippen LogP contribution in [0.25, 0.3) is 0 Å². The molecule has 0 saturated carbocycles. The average Bonchev–Trinajstić information content (AvgIpc) is 2.74. The molecule has 0 spiro atoms. The quantitative estimate of drug-likeness (QED) is 0.559. The van der Waals surface area contributed by atoms with Crippen LogP contribution in [-0.2, 0) is 17.6 Å². The van der Waals surface area contributed by atoms with E-state index < -0.39 is 0 Å². The Morgan fingerprint density at radius 3 is 2.25 bits per heavy atom. The summed E-state index contributed by atoms with van der Waals surface area (Å²) in [7, 11) is 1.69. The number of aryl methyl sites for hydroxylation is 1. The average molecular weight is 374 g/mol. The van der Waals surface area contributed by atoms with E-state index in [1.54, 1.807) is 7.11 Å². The molecule has 1 amide bonds. The molecule has 4 nitrogen and oxygen atoms in total. The van der Waals surface area contributed by atoms with Crippen molar-refractivity contribution in [1.29, 1.82) is 0 Å². The zero-order valence-corrected chi connectivity index (χ0v) is 16.2. The van der Waals surface area contributed by atoms with Gasteiger partial charge in [-0.15, -0.1) is 0 Å². The standard InChI is InChI=1S/C24H26N2O2/c1-28-23-10-6-5-9-20(23)17-18-25-21-12-14-22(15-13-21)26-24(27)16-11-19-7-3-2-4-8-19/h2-10,12-15,25H,11,16-18H2,1H3,(H,26,27). The summed E-state index contributed by atoms with van der Waals surface area (Å²) in [6, 6.07) is 25.9. The van der Waals surface area contributed by atoms with Gasteiger partial charge in [-0.2, -0.15) is 0 Å². The summed E-state index contributed by atoms with van der Waals surface area (Å²) < 4.78 is 5.38. The Labute approximate surface area is 166 Å². The zero-order valence-electron chi connectivity index (χ0n) is 16.2. The van der Waals surface area contributed by atoms with Gasteiger partial charge in [0.05, 0.1) is 7.11 Å². The second kappa shape index (κ2) is 10.2. The van der Waals surface area contributed by atoms with Crippen LogP contribution in [0.2, 0.25) is 0 Å². The lowest BCUT2D eigenvalue weighted by Crippen LogP contribution is -2.12. The van der Waals surface area contributed by atoms with Crippen LogP contribution in [0.3, 0.4) is 0 Å². The van der Waals surface area contributed by atoms with Gasteiger partial charge in [0, 0.05) is 24.3 Å². The number of rotatable bonds is 9. The van der Waals surface area contributed by atoms with Gasteiger partial charge in [-0.1, -0.05) is 48.5 Å². The van der Waals surface area contributed by atoms with E-state index in [0.717, 1.165) is 36.5 Å². The summed E-state index contributed by atoms with van der Waals surface area (Å²) >= 11 is 0. The molecule has 3 aromatic rings. The molecule has 28 heavy (non-hydrogen) atoms. The van der Waals surface area contributed by atoms with E-state index >= 15 is 0 Å². The number of hydrogen-bond acceptors (Lipinski definition) is 3. The van der Waals surface area contributed by atoms with Crippen molar-refractivity contribution < 1.29 is 9.53 Å². The number of hydrogen-bond donors (Lipinski definition) is 2. The van der Waals surface area contributed by atoms with Crippen LogP contribution in [0.4, 0.5) is 11.4 Å². The first-order valence-corrected chi connectivity index (χ1v) is 9.54. The minimum Gasteiger partial charge on any atom is -0.496 e. The molecule has 0 aliphatic rings. The van der Waals surface area contributed by atoms with Crippen LogP contribution in [0.5, 0.6) is 5.75 Å². The highest BCUT2D eigenvalue weighted by atomic mass is 16.5. The number of carbonyl (C=O) groups excluding carboxylic acids is 1. The molecule has 0 aromatic heterocycles. The number of amides is 1. The first-order chi connectivity index (χ1) is 13.7. The molecular weight excluding hydrogens is 348 g/mol. The molecule has 0 saturated heterocycles. The van der Waals surface area contributed by atoms with E-state index in [1.807, 2.05) is 72.8 Å². The zero-order chi connectivity index (χ0) is 19.6. The first-order valence-electron chi connectivity index (χ1n) is 9.54. The summed E-state index contributed by atoms with van der Waals surface area (Å²) in [4.78, 5) is 12.1. The van der Waals surface area contributed by atoms with Gasteiger partial charge in [-0.3, -0.25) is 4.79 Å². The summed E-state index contributed by atoms with van der Waals surface area (Å²) in [5.74, 6) is 0.943. The Bertz CT molecular complexity index is 877. The Hall–Kier alpha value is -3.27. The topological polar surface area (TPSA) is 50.4 Å². The third-order valence-electron chi connectivity index (χ3n) is 4.57. The normalized spacial score (nSPS) is 10.3. The maximum atomic E-state index is 12.1. The van der Waals surface area contributed by atoms with Crippen molar-refractivity contribution in [1.82, 2.24) is 0 Å². The number of para-hydroxylation sites is 1. The van der Waals surface area contributed by atoms with E-state index in [1.165, 1.54) is 11.1 Å². The largest absolute Gasteiger partial charge is 0.496 e. The first kappa shape index (κ1) is 19.5. The summed E-state index contributed by atoms with van der Waals surface area (Å²) in [6.45, 7) is 0.809. The molecule has 0 atom stereocenters. The van der Waals surface area contributed by atoms with E-state index in [2.05, 4.69) is 16.7 Å². The SMILES string of the molecule is COc1ccccc1CCNc1ccc(NC(=O)CCc2ccccc2)cc1. The minimum absolute atomic E-state index is 0.0285. The Kier molecular flexibility index (Phi) is 7.08. The van der Waals surface area contributed by atoms with Crippen LogP contribution in [-0.4, -0.2) is 19.6 Å². The fourth-order valence-electron chi connectivity index (χ4n) is 3.05. The minimum atomic E-state index is 0.0285. The third kappa shape index (κ3) is 5.88. The Morgan fingerprint density at radius 1 is 0.821 bits per heavy atom. The van der Waals surface area contributed by atoms with Crippen molar-refractivity contribution in [2.45, 2.75) is 19.3 Å². The molecule has 0 aliphatic carbocycles. The van der Waals surface area contributed by atoms with Gasteiger partial charge in [0.25, 0.3) is 0 Å². The fraction of sp³-hybridized carbons (Fsp3) is 0.208. The van der Waals surface area contributed by atoms with Crippen molar-refractivity contribution in [2.75, 3.05) is 24.3 Å². The lowest BCUT2D eigenvalue weighted by molar-refractivity contribution is -0.116. The predicted molar refractivity (Wildman–Crippen MR) is 115 cm³/mol. The molecule has 0 radical (unpaired) electrons. The van der Waals surface area contributed by atoms with Gasteiger partial charge < -0.3 is 15.4 Å². The highest BCUT2D eigenvalue weighted by Crippen LogP contribution is 2.19. The molecule has 3 aromatic carbocycles. The molecular formula is C24H26N2O2. The monoisotopic (exact) mass is 374 g/mol. The summed E-state index contributed by atoms with van der Waals surface area (Å²) in [6.07, 6.45) is 2.10. The maximum Gasteiger partial charge on any atom is 0.224 e.